The quantitative estimate of drug-likeness (QED) is 0.433. The summed E-state index contributed by atoms with van der Waals surface area (Å²) in [5.41, 5.74) is 0.975. The molecule has 0 spiro atoms. The van der Waals surface area contributed by atoms with Crippen LogP contribution in [-0.4, -0.2) is 47.8 Å². The number of likely N-dealkylation sites (tertiary alicyclic amines) is 1. The second kappa shape index (κ2) is 10.4. The minimum Gasteiger partial charge on any atom is -0.342 e. The zero-order chi connectivity index (χ0) is 22.5. The molecule has 0 atom stereocenters. The molecule has 1 amide bonds. The van der Waals surface area contributed by atoms with Gasteiger partial charge in [-0.2, -0.15) is 5.10 Å². The molecule has 32 heavy (non-hydrogen) atoms. The van der Waals surface area contributed by atoms with E-state index >= 15 is 0 Å². The molecule has 1 saturated heterocycles. The molecule has 0 aliphatic carbocycles. The summed E-state index contributed by atoms with van der Waals surface area (Å²) in [5, 5.41) is 5.47. The van der Waals surface area contributed by atoms with Gasteiger partial charge in [-0.15, -0.1) is 0 Å². The van der Waals surface area contributed by atoms with E-state index < -0.39 is 0 Å². The van der Waals surface area contributed by atoms with Crippen molar-refractivity contribution < 1.29 is 4.79 Å². The van der Waals surface area contributed by atoms with Crippen molar-refractivity contribution >= 4 is 29.7 Å². The molecule has 4 rings (SSSR count). The van der Waals surface area contributed by atoms with Crippen LogP contribution in [0, 0.1) is 4.77 Å². The van der Waals surface area contributed by atoms with Crippen molar-refractivity contribution in [3.8, 4) is 11.4 Å². The van der Waals surface area contributed by atoms with Crippen LogP contribution in [0.1, 0.15) is 45.1 Å². The van der Waals surface area contributed by atoms with E-state index in [1.54, 1.807) is 10.9 Å². The number of unbranched alkanes of at least 4 members (excludes halogenated alkanes) is 1. The fourth-order valence-electron chi connectivity index (χ4n) is 4.18. The van der Waals surface area contributed by atoms with Gasteiger partial charge in [-0.25, -0.2) is 9.67 Å². The van der Waals surface area contributed by atoms with E-state index in [1.165, 1.54) is 0 Å². The number of aryl methyl sites for hydroxylation is 1. The van der Waals surface area contributed by atoms with Crippen LogP contribution in [0.15, 0.2) is 43.0 Å². The van der Waals surface area contributed by atoms with Crippen molar-refractivity contribution in [1.29, 1.82) is 0 Å². The lowest BCUT2D eigenvalue weighted by Gasteiger charge is -2.32. The van der Waals surface area contributed by atoms with E-state index in [-0.39, 0.29) is 5.91 Å². The van der Waals surface area contributed by atoms with Gasteiger partial charge in [-0.1, -0.05) is 24.9 Å². The van der Waals surface area contributed by atoms with Crippen molar-refractivity contribution in [2.45, 2.75) is 58.2 Å². The first-order chi connectivity index (χ1) is 15.6. The molecule has 3 heterocycles. The van der Waals surface area contributed by atoms with Crippen molar-refractivity contribution in [2.75, 3.05) is 13.1 Å². The zero-order valence-corrected chi connectivity index (χ0v) is 19.9. The van der Waals surface area contributed by atoms with Crippen LogP contribution in [0.3, 0.4) is 0 Å². The topological polar surface area (TPSA) is 60.9 Å². The first kappa shape index (κ1) is 22.7. The van der Waals surface area contributed by atoms with Gasteiger partial charge in [-0.05, 0) is 55.7 Å². The summed E-state index contributed by atoms with van der Waals surface area (Å²) in [6.07, 6.45) is 10.1. The summed E-state index contributed by atoms with van der Waals surface area (Å²) in [6.45, 7) is 4.99. The maximum atomic E-state index is 12.9. The minimum atomic E-state index is 0.159. The molecule has 0 bridgehead atoms. The highest BCUT2D eigenvalue weighted by molar-refractivity contribution is 7.71. The van der Waals surface area contributed by atoms with Crippen LogP contribution >= 0.6 is 23.8 Å². The number of imidazole rings is 1. The molecule has 0 saturated carbocycles. The van der Waals surface area contributed by atoms with Gasteiger partial charge in [0.2, 0.25) is 5.91 Å². The summed E-state index contributed by atoms with van der Waals surface area (Å²) in [6, 6.07) is 8.07. The third kappa shape index (κ3) is 5.13. The molecule has 170 valence electrons. The van der Waals surface area contributed by atoms with Crippen molar-refractivity contribution in [1.82, 2.24) is 28.8 Å². The van der Waals surface area contributed by atoms with E-state index in [0.717, 1.165) is 56.7 Å². The number of rotatable bonds is 8. The lowest BCUT2D eigenvalue weighted by Crippen LogP contribution is -2.39. The van der Waals surface area contributed by atoms with Gasteiger partial charge in [-0.3, -0.25) is 9.36 Å². The summed E-state index contributed by atoms with van der Waals surface area (Å²) in [7, 11) is 0. The lowest BCUT2D eigenvalue weighted by molar-refractivity contribution is -0.132. The molecule has 7 nitrogen and oxygen atoms in total. The largest absolute Gasteiger partial charge is 0.342 e. The number of benzene rings is 1. The second-order valence-corrected chi connectivity index (χ2v) is 9.01. The Balaban J connectivity index is 1.42. The highest BCUT2D eigenvalue weighted by Crippen LogP contribution is 2.24. The van der Waals surface area contributed by atoms with Gasteiger partial charge < -0.3 is 9.47 Å². The Morgan fingerprint density at radius 2 is 1.94 bits per heavy atom. The van der Waals surface area contributed by atoms with Crippen LogP contribution in [0.4, 0.5) is 0 Å². The van der Waals surface area contributed by atoms with E-state index in [2.05, 4.69) is 21.0 Å². The Hall–Kier alpha value is -2.45. The molecular formula is C23H29ClN6OS. The number of carbonyl (C=O) groups is 1. The van der Waals surface area contributed by atoms with Gasteiger partial charge in [0.15, 0.2) is 10.6 Å². The van der Waals surface area contributed by atoms with E-state index in [0.29, 0.717) is 28.8 Å². The highest BCUT2D eigenvalue weighted by atomic mass is 35.5. The average Bonchev–Trinajstić information content (AvgIpc) is 3.45. The summed E-state index contributed by atoms with van der Waals surface area (Å²) < 4.78 is 6.67. The van der Waals surface area contributed by atoms with Crippen LogP contribution in [-0.2, 0) is 17.9 Å². The van der Waals surface area contributed by atoms with Gasteiger partial charge >= 0.3 is 0 Å². The van der Waals surface area contributed by atoms with Crippen LogP contribution < -0.4 is 0 Å². The monoisotopic (exact) mass is 472 g/mol. The second-order valence-electron chi connectivity index (χ2n) is 8.21. The Morgan fingerprint density at radius 1 is 1.19 bits per heavy atom. The molecule has 2 aromatic heterocycles. The van der Waals surface area contributed by atoms with Gasteiger partial charge in [0.05, 0.1) is 12.9 Å². The number of aromatic nitrogens is 5. The van der Waals surface area contributed by atoms with E-state index in [4.69, 9.17) is 28.9 Å². The number of carbonyl (C=O) groups excluding carboxylic acids is 1. The van der Waals surface area contributed by atoms with Crippen molar-refractivity contribution in [3.05, 3.63) is 52.8 Å². The Bertz CT molecular complexity index is 1080. The molecule has 0 unspecified atom stereocenters. The van der Waals surface area contributed by atoms with E-state index in [1.807, 2.05) is 41.7 Å². The molecular weight excluding hydrogens is 444 g/mol. The molecule has 1 fully saturated rings. The average molecular weight is 473 g/mol. The Labute approximate surface area is 198 Å². The maximum absolute atomic E-state index is 12.9. The molecule has 3 aromatic rings. The molecule has 1 aliphatic rings. The first-order valence-electron chi connectivity index (χ1n) is 11.3. The smallest absolute Gasteiger partial charge is 0.224 e. The van der Waals surface area contributed by atoms with Crippen molar-refractivity contribution in [2.24, 2.45) is 0 Å². The zero-order valence-electron chi connectivity index (χ0n) is 18.4. The SMILES string of the molecule is CCCCn1c(-c2ccc(Cl)cc2)nn(CCC(=O)N2CCC(n3ccnc3)CC2)c1=S. The maximum Gasteiger partial charge on any atom is 0.224 e. The van der Waals surface area contributed by atoms with Crippen LogP contribution in [0.2, 0.25) is 5.02 Å². The number of amides is 1. The normalized spacial score (nSPS) is 14.8. The lowest BCUT2D eigenvalue weighted by atomic mass is 10.0. The van der Waals surface area contributed by atoms with Crippen LogP contribution in [0.5, 0.6) is 0 Å². The van der Waals surface area contributed by atoms with Crippen LogP contribution in [0.25, 0.3) is 11.4 Å². The highest BCUT2D eigenvalue weighted by Gasteiger charge is 2.23. The summed E-state index contributed by atoms with van der Waals surface area (Å²) in [4.78, 5) is 19.0. The molecule has 1 aromatic carbocycles. The molecule has 0 radical (unpaired) electrons. The summed E-state index contributed by atoms with van der Waals surface area (Å²) >= 11 is 11.8. The minimum absolute atomic E-state index is 0.159. The number of halogens is 1. The molecule has 9 heteroatoms. The predicted molar refractivity (Wildman–Crippen MR) is 128 cm³/mol. The molecule has 1 aliphatic heterocycles. The third-order valence-electron chi connectivity index (χ3n) is 6.06. The van der Waals surface area contributed by atoms with Crippen molar-refractivity contribution in [3.63, 3.8) is 0 Å². The van der Waals surface area contributed by atoms with Gasteiger partial charge in [0.25, 0.3) is 0 Å². The number of piperidine rings is 1. The third-order valence-corrected chi connectivity index (χ3v) is 6.74. The first-order valence-corrected chi connectivity index (χ1v) is 12.0. The number of hydrogen-bond acceptors (Lipinski definition) is 4. The Morgan fingerprint density at radius 3 is 2.59 bits per heavy atom. The summed E-state index contributed by atoms with van der Waals surface area (Å²) in [5.74, 6) is 0.987. The number of nitrogens with zero attached hydrogens (tertiary/aromatic N) is 6. The van der Waals surface area contributed by atoms with E-state index in [9.17, 15) is 4.79 Å². The van der Waals surface area contributed by atoms with Gasteiger partial charge in [0.1, 0.15) is 0 Å². The fraction of sp³-hybridized carbons (Fsp3) is 0.478. The predicted octanol–water partition coefficient (Wildman–Crippen LogP) is 4.98. The fourth-order valence-corrected chi connectivity index (χ4v) is 4.61. The number of hydrogen-bond donors (Lipinski definition) is 0. The van der Waals surface area contributed by atoms with Gasteiger partial charge in [0, 0.05) is 55.1 Å². The standard InChI is InChI=1S/C23H29ClN6OS/c1-2-3-12-29-22(18-4-6-19(24)7-5-18)26-30(23(29)32)15-10-21(31)27-13-8-20(9-14-27)28-16-11-25-17-28/h4-7,11,16-17,20H,2-3,8-10,12-15H2,1H3. The molecule has 0 N–H and O–H groups in total. The Kier molecular flexibility index (Phi) is 7.42.